The Kier molecular flexibility index (Phi) is 5.02. The fraction of sp³-hybridized carbons (Fsp3) is 0.455. The molecule has 0 saturated heterocycles. The van der Waals surface area contributed by atoms with Crippen LogP contribution in [0.3, 0.4) is 0 Å². The summed E-state index contributed by atoms with van der Waals surface area (Å²) in [7, 11) is -3.57. The zero-order chi connectivity index (χ0) is 12.9. The molecule has 1 aromatic rings. The van der Waals surface area contributed by atoms with Crippen molar-refractivity contribution >= 4 is 9.84 Å². The van der Waals surface area contributed by atoms with Gasteiger partial charge in [-0.1, -0.05) is 6.42 Å². The highest BCUT2D eigenvalue weighted by atomic mass is 32.2. The van der Waals surface area contributed by atoms with E-state index in [1.165, 1.54) is 0 Å². The maximum atomic E-state index is 12.9. The van der Waals surface area contributed by atoms with E-state index in [4.69, 9.17) is 5.11 Å². The van der Waals surface area contributed by atoms with Gasteiger partial charge < -0.3 is 5.11 Å². The average molecular weight is 264 g/mol. The van der Waals surface area contributed by atoms with Gasteiger partial charge in [-0.05, 0) is 31.0 Å². The molecule has 0 atom stereocenters. The van der Waals surface area contributed by atoms with Crippen LogP contribution in [0.4, 0.5) is 8.78 Å². The zero-order valence-corrected chi connectivity index (χ0v) is 10.0. The molecule has 3 nitrogen and oxygen atoms in total. The van der Waals surface area contributed by atoms with Crippen LogP contribution in [0, 0.1) is 11.6 Å². The van der Waals surface area contributed by atoms with Gasteiger partial charge in [-0.15, -0.1) is 0 Å². The molecular weight excluding hydrogens is 250 g/mol. The second-order valence-electron chi connectivity index (χ2n) is 3.68. The fourth-order valence-electron chi connectivity index (χ4n) is 1.37. The molecule has 0 aliphatic rings. The van der Waals surface area contributed by atoms with Crippen LogP contribution >= 0.6 is 0 Å². The standard InChI is InChI=1S/C11H14F2O3S/c12-10-5-4-9(8-11(10)13)17(15,16)7-3-1-2-6-14/h4-5,8,14H,1-3,6-7H2. The van der Waals surface area contributed by atoms with Crippen LogP contribution in [0.5, 0.6) is 0 Å². The predicted octanol–water partition coefficient (Wildman–Crippen LogP) is 1.90. The van der Waals surface area contributed by atoms with Gasteiger partial charge in [-0.3, -0.25) is 0 Å². The first-order valence-corrected chi connectivity index (χ1v) is 6.91. The fourth-order valence-corrected chi connectivity index (χ4v) is 2.75. The van der Waals surface area contributed by atoms with Crippen LogP contribution in [0.2, 0.25) is 0 Å². The third-order valence-electron chi connectivity index (χ3n) is 2.32. The van der Waals surface area contributed by atoms with E-state index in [1.54, 1.807) is 0 Å². The molecule has 0 saturated carbocycles. The van der Waals surface area contributed by atoms with Crippen molar-refractivity contribution in [1.29, 1.82) is 0 Å². The molecular formula is C11H14F2O3S. The topological polar surface area (TPSA) is 54.4 Å². The van der Waals surface area contributed by atoms with Crippen LogP contribution in [0.25, 0.3) is 0 Å². The molecule has 0 fully saturated rings. The number of aliphatic hydroxyl groups is 1. The summed E-state index contributed by atoms with van der Waals surface area (Å²) in [6.45, 7) is 0.0191. The number of halogens is 2. The number of hydrogen-bond acceptors (Lipinski definition) is 3. The molecule has 0 radical (unpaired) electrons. The number of aliphatic hydroxyl groups excluding tert-OH is 1. The highest BCUT2D eigenvalue weighted by Crippen LogP contribution is 2.16. The monoisotopic (exact) mass is 264 g/mol. The molecule has 0 aliphatic carbocycles. The van der Waals surface area contributed by atoms with Crippen LogP contribution < -0.4 is 0 Å². The van der Waals surface area contributed by atoms with Crippen LogP contribution in [0.15, 0.2) is 23.1 Å². The number of hydrogen-bond donors (Lipinski definition) is 1. The van der Waals surface area contributed by atoms with E-state index in [0.717, 1.165) is 12.1 Å². The van der Waals surface area contributed by atoms with Gasteiger partial charge in [0.25, 0.3) is 0 Å². The molecule has 1 rings (SSSR count). The molecule has 1 aromatic carbocycles. The first-order valence-electron chi connectivity index (χ1n) is 5.26. The Morgan fingerprint density at radius 2 is 1.76 bits per heavy atom. The van der Waals surface area contributed by atoms with Crippen molar-refractivity contribution in [2.45, 2.75) is 24.2 Å². The van der Waals surface area contributed by atoms with Crippen LogP contribution in [-0.4, -0.2) is 25.9 Å². The molecule has 17 heavy (non-hydrogen) atoms. The summed E-state index contributed by atoms with van der Waals surface area (Å²) in [5, 5.41) is 8.54. The molecule has 0 heterocycles. The number of unbranched alkanes of at least 4 members (excludes halogenated alkanes) is 2. The highest BCUT2D eigenvalue weighted by molar-refractivity contribution is 7.91. The average Bonchev–Trinajstić information content (AvgIpc) is 2.28. The number of sulfone groups is 1. The Morgan fingerprint density at radius 3 is 2.35 bits per heavy atom. The number of rotatable bonds is 6. The van der Waals surface area contributed by atoms with E-state index in [1.807, 2.05) is 0 Å². The van der Waals surface area contributed by atoms with Crippen molar-refractivity contribution in [1.82, 2.24) is 0 Å². The lowest BCUT2D eigenvalue weighted by molar-refractivity contribution is 0.284. The lowest BCUT2D eigenvalue weighted by Crippen LogP contribution is -2.07. The van der Waals surface area contributed by atoms with Gasteiger partial charge in [-0.2, -0.15) is 0 Å². The molecule has 0 unspecified atom stereocenters. The van der Waals surface area contributed by atoms with Crippen LogP contribution in [0.1, 0.15) is 19.3 Å². The summed E-state index contributed by atoms with van der Waals surface area (Å²) in [5.41, 5.74) is 0. The number of benzene rings is 1. The summed E-state index contributed by atoms with van der Waals surface area (Å²) in [4.78, 5) is -0.208. The normalized spacial score (nSPS) is 11.7. The zero-order valence-electron chi connectivity index (χ0n) is 9.20. The summed E-state index contributed by atoms with van der Waals surface area (Å²) < 4.78 is 48.9. The summed E-state index contributed by atoms with van der Waals surface area (Å²) >= 11 is 0. The SMILES string of the molecule is O=S(=O)(CCCCCO)c1ccc(F)c(F)c1. The Bertz CT molecular complexity index is 472. The Morgan fingerprint density at radius 1 is 1.06 bits per heavy atom. The second-order valence-corrected chi connectivity index (χ2v) is 5.79. The van der Waals surface area contributed by atoms with Crippen molar-refractivity contribution in [3.8, 4) is 0 Å². The molecule has 1 N–H and O–H groups in total. The van der Waals surface area contributed by atoms with Crippen molar-refractivity contribution < 1.29 is 22.3 Å². The largest absolute Gasteiger partial charge is 0.396 e. The van der Waals surface area contributed by atoms with E-state index in [0.29, 0.717) is 25.3 Å². The van der Waals surface area contributed by atoms with E-state index >= 15 is 0 Å². The summed E-state index contributed by atoms with van der Waals surface area (Å²) in [6.07, 6.45) is 1.51. The van der Waals surface area contributed by atoms with Gasteiger partial charge in [0, 0.05) is 6.61 Å². The molecule has 96 valence electrons. The summed E-state index contributed by atoms with van der Waals surface area (Å²) in [6, 6.07) is 2.55. The molecule has 0 aromatic heterocycles. The lowest BCUT2D eigenvalue weighted by atomic mass is 10.3. The highest BCUT2D eigenvalue weighted by Gasteiger charge is 2.16. The van der Waals surface area contributed by atoms with Gasteiger partial charge in [0.15, 0.2) is 21.5 Å². The first kappa shape index (κ1) is 14.1. The second kappa shape index (κ2) is 6.07. The Hall–Kier alpha value is -1.01. The Labute approximate surface area is 99.0 Å². The first-order chi connectivity index (χ1) is 7.97. The van der Waals surface area contributed by atoms with E-state index < -0.39 is 21.5 Å². The molecule has 0 bridgehead atoms. The van der Waals surface area contributed by atoms with E-state index in [9.17, 15) is 17.2 Å². The Balaban J connectivity index is 2.72. The van der Waals surface area contributed by atoms with Gasteiger partial charge in [0.2, 0.25) is 0 Å². The predicted molar refractivity (Wildman–Crippen MR) is 59.3 cm³/mol. The molecule has 6 heteroatoms. The van der Waals surface area contributed by atoms with Gasteiger partial charge >= 0.3 is 0 Å². The maximum Gasteiger partial charge on any atom is 0.178 e. The summed E-state index contributed by atoms with van der Waals surface area (Å²) in [5.74, 6) is -2.36. The van der Waals surface area contributed by atoms with Gasteiger partial charge in [-0.25, -0.2) is 17.2 Å². The van der Waals surface area contributed by atoms with Crippen molar-refractivity contribution in [3.05, 3.63) is 29.8 Å². The minimum atomic E-state index is -3.57. The van der Waals surface area contributed by atoms with Gasteiger partial charge in [0.1, 0.15) is 0 Å². The molecule has 0 spiro atoms. The van der Waals surface area contributed by atoms with E-state index in [2.05, 4.69) is 0 Å². The smallest absolute Gasteiger partial charge is 0.178 e. The quantitative estimate of drug-likeness (QED) is 0.630. The lowest BCUT2D eigenvalue weighted by Gasteiger charge is -2.04. The van der Waals surface area contributed by atoms with E-state index in [-0.39, 0.29) is 17.3 Å². The molecule has 0 aliphatic heterocycles. The van der Waals surface area contributed by atoms with Crippen molar-refractivity contribution in [2.24, 2.45) is 0 Å². The van der Waals surface area contributed by atoms with Crippen LogP contribution in [-0.2, 0) is 9.84 Å². The minimum absolute atomic E-state index is 0.0191. The maximum absolute atomic E-state index is 12.9. The third kappa shape index (κ3) is 4.05. The third-order valence-corrected chi connectivity index (χ3v) is 4.12. The minimum Gasteiger partial charge on any atom is -0.396 e. The van der Waals surface area contributed by atoms with Gasteiger partial charge in [0.05, 0.1) is 10.6 Å². The van der Waals surface area contributed by atoms with Crippen molar-refractivity contribution in [2.75, 3.05) is 12.4 Å². The van der Waals surface area contributed by atoms with Crippen molar-refractivity contribution in [3.63, 3.8) is 0 Å². The molecule has 0 amide bonds.